The van der Waals surface area contributed by atoms with Crippen molar-refractivity contribution in [1.82, 2.24) is 9.97 Å². The Kier molecular flexibility index (Phi) is 3.80. The number of benzene rings is 2. The Balaban J connectivity index is 1.80. The number of para-hydroxylation sites is 2. The molecule has 26 heavy (non-hydrogen) atoms. The van der Waals surface area contributed by atoms with Gasteiger partial charge in [0, 0.05) is 5.56 Å². The van der Waals surface area contributed by atoms with Crippen molar-refractivity contribution >= 4 is 5.91 Å². The topological polar surface area (TPSA) is 87.3 Å². The van der Waals surface area contributed by atoms with E-state index in [1.165, 1.54) is 0 Å². The molecule has 4 rings (SSSR count). The molecule has 0 bridgehead atoms. The van der Waals surface area contributed by atoms with E-state index in [1.54, 1.807) is 6.07 Å². The number of amides is 1. The lowest BCUT2D eigenvalue weighted by Gasteiger charge is -2.13. The third-order valence-electron chi connectivity index (χ3n) is 4.19. The van der Waals surface area contributed by atoms with Crippen LogP contribution in [-0.2, 0) is 0 Å². The van der Waals surface area contributed by atoms with Crippen molar-refractivity contribution in [3.63, 3.8) is 0 Å². The first-order chi connectivity index (χ1) is 12.5. The van der Waals surface area contributed by atoms with Crippen molar-refractivity contribution in [3.05, 3.63) is 71.2 Å². The van der Waals surface area contributed by atoms with E-state index in [2.05, 4.69) is 9.97 Å². The van der Waals surface area contributed by atoms with Gasteiger partial charge >= 0.3 is 0 Å². The molecule has 1 amide bonds. The number of ether oxygens (including phenoxy) is 2. The summed E-state index contributed by atoms with van der Waals surface area (Å²) in [6, 6.07) is 15.2. The Labute approximate surface area is 150 Å². The monoisotopic (exact) mass is 347 g/mol. The Bertz CT molecular complexity index is 992. The van der Waals surface area contributed by atoms with E-state index in [0.717, 1.165) is 16.7 Å². The van der Waals surface area contributed by atoms with Crippen LogP contribution >= 0.6 is 0 Å². The summed E-state index contributed by atoms with van der Waals surface area (Å²) in [7, 11) is 0. The highest BCUT2D eigenvalue weighted by Gasteiger charge is 2.28. The molecule has 130 valence electrons. The quantitative estimate of drug-likeness (QED) is 0.785. The van der Waals surface area contributed by atoms with Crippen LogP contribution in [0.3, 0.4) is 0 Å². The number of hydrogen-bond donors (Lipinski definition) is 1. The summed E-state index contributed by atoms with van der Waals surface area (Å²) in [6.07, 6.45) is -0.752. The minimum atomic E-state index is -0.752. The molecule has 0 atom stereocenters. The smallest absolute Gasteiger partial charge is 0.286 e. The molecule has 0 spiro atoms. The highest BCUT2D eigenvalue weighted by molar-refractivity contribution is 5.89. The van der Waals surface area contributed by atoms with Crippen LogP contribution in [0, 0.1) is 13.8 Å². The van der Waals surface area contributed by atoms with Crippen LogP contribution in [0.5, 0.6) is 11.5 Å². The van der Waals surface area contributed by atoms with E-state index in [-0.39, 0.29) is 5.82 Å². The maximum absolute atomic E-state index is 11.7. The Morgan fingerprint density at radius 3 is 2.35 bits per heavy atom. The maximum atomic E-state index is 11.7. The third kappa shape index (κ3) is 2.86. The van der Waals surface area contributed by atoms with Gasteiger partial charge in [0.05, 0.1) is 5.69 Å². The lowest BCUT2D eigenvalue weighted by atomic mass is 10.0. The normalized spacial score (nSPS) is 13.0. The number of primary amides is 1. The van der Waals surface area contributed by atoms with Crippen LogP contribution in [0.2, 0.25) is 0 Å². The summed E-state index contributed by atoms with van der Waals surface area (Å²) >= 11 is 0. The zero-order valence-electron chi connectivity index (χ0n) is 14.4. The van der Waals surface area contributed by atoms with Gasteiger partial charge in [-0.1, -0.05) is 29.8 Å². The van der Waals surface area contributed by atoms with Gasteiger partial charge in [0.25, 0.3) is 12.2 Å². The predicted molar refractivity (Wildman–Crippen MR) is 95.9 cm³/mol. The Hall–Kier alpha value is -3.41. The Morgan fingerprint density at radius 2 is 1.69 bits per heavy atom. The van der Waals surface area contributed by atoms with Gasteiger partial charge < -0.3 is 15.2 Å². The number of fused-ring (bicyclic) bond motifs is 1. The van der Waals surface area contributed by atoms with Crippen LogP contribution in [0.4, 0.5) is 0 Å². The number of nitrogens with two attached hydrogens (primary N) is 1. The molecule has 1 aliphatic rings. The standard InChI is InChI=1S/C20H17N3O3/c1-11-7-8-12(2)13(9-11)14-10-15(23-19(22-14)18(21)24)20-25-16-5-3-4-6-17(16)26-20/h3-10,20H,1-2H3,(H2,21,24). The average Bonchev–Trinajstić information content (AvgIpc) is 3.07. The third-order valence-corrected chi connectivity index (χ3v) is 4.19. The van der Waals surface area contributed by atoms with Crippen molar-refractivity contribution in [3.8, 4) is 22.8 Å². The molecule has 2 heterocycles. The number of carbonyl (C=O) groups is 1. The molecule has 3 aromatic rings. The van der Waals surface area contributed by atoms with E-state index in [0.29, 0.717) is 22.9 Å². The van der Waals surface area contributed by atoms with E-state index >= 15 is 0 Å². The van der Waals surface area contributed by atoms with Crippen molar-refractivity contribution in [2.75, 3.05) is 0 Å². The minimum absolute atomic E-state index is 0.0680. The van der Waals surface area contributed by atoms with Crippen LogP contribution in [0.1, 0.15) is 33.7 Å². The fraction of sp³-hybridized carbons (Fsp3) is 0.150. The van der Waals surface area contributed by atoms with Crippen molar-refractivity contribution in [2.45, 2.75) is 20.1 Å². The molecule has 1 aliphatic heterocycles. The lowest BCUT2D eigenvalue weighted by Crippen LogP contribution is -2.19. The highest BCUT2D eigenvalue weighted by atomic mass is 16.7. The van der Waals surface area contributed by atoms with Crippen LogP contribution in [0.15, 0.2) is 48.5 Å². The second-order valence-corrected chi connectivity index (χ2v) is 6.20. The number of nitrogens with zero attached hydrogens (tertiary/aromatic N) is 2. The number of rotatable bonds is 3. The first-order valence-corrected chi connectivity index (χ1v) is 8.20. The van der Waals surface area contributed by atoms with Gasteiger partial charge in [-0.25, -0.2) is 9.97 Å². The van der Waals surface area contributed by atoms with Gasteiger partial charge in [-0.3, -0.25) is 4.79 Å². The molecule has 0 aliphatic carbocycles. The predicted octanol–water partition coefficient (Wildman–Crippen LogP) is 3.33. The van der Waals surface area contributed by atoms with Crippen molar-refractivity contribution in [1.29, 1.82) is 0 Å². The fourth-order valence-electron chi connectivity index (χ4n) is 2.87. The maximum Gasteiger partial charge on any atom is 0.286 e. The molecular formula is C20H17N3O3. The number of aryl methyl sites for hydroxylation is 2. The van der Waals surface area contributed by atoms with Crippen LogP contribution in [-0.4, -0.2) is 15.9 Å². The number of hydrogen-bond acceptors (Lipinski definition) is 5. The molecule has 6 nitrogen and oxygen atoms in total. The average molecular weight is 347 g/mol. The van der Waals surface area contributed by atoms with Gasteiger partial charge in [0.15, 0.2) is 11.5 Å². The van der Waals surface area contributed by atoms with Gasteiger partial charge in [-0.15, -0.1) is 0 Å². The summed E-state index contributed by atoms with van der Waals surface area (Å²) in [5, 5.41) is 0. The van der Waals surface area contributed by atoms with Crippen molar-refractivity contribution < 1.29 is 14.3 Å². The molecule has 0 saturated heterocycles. The highest BCUT2D eigenvalue weighted by Crippen LogP contribution is 2.40. The molecule has 0 fully saturated rings. The van der Waals surface area contributed by atoms with E-state index in [9.17, 15) is 4.79 Å². The molecule has 2 N–H and O–H groups in total. The zero-order chi connectivity index (χ0) is 18.3. The molecule has 0 unspecified atom stereocenters. The van der Waals surface area contributed by atoms with Crippen LogP contribution < -0.4 is 15.2 Å². The van der Waals surface area contributed by atoms with Gasteiger partial charge in [0.1, 0.15) is 5.69 Å². The second kappa shape index (κ2) is 6.15. The van der Waals surface area contributed by atoms with Gasteiger partial charge in [0.2, 0.25) is 5.82 Å². The lowest BCUT2D eigenvalue weighted by molar-refractivity contribution is 0.0444. The van der Waals surface area contributed by atoms with E-state index < -0.39 is 12.2 Å². The minimum Gasteiger partial charge on any atom is -0.445 e. The van der Waals surface area contributed by atoms with E-state index in [1.807, 2.05) is 56.3 Å². The molecule has 1 aromatic heterocycles. The first-order valence-electron chi connectivity index (χ1n) is 8.20. The molecule has 0 saturated carbocycles. The first kappa shape index (κ1) is 16.1. The fourth-order valence-corrected chi connectivity index (χ4v) is 2.87. The molecule has 6 heteroatoms. The number of aromatic nitrogens is 2. The van der Waals surface area contributed by atoms with Crippen LogP contribution in [0.25, 0.3) is 11.3 Å². The summed E-state index contributed by atoms with van der Waals surface area (Å²) < 4.78 is 11.6. The second-order valence-electron chi connectivity index (χ2n) is 6.20. The zero-order valence-corrected chi connectivity index (χ0v) is 14.4. The SMILES string of the molecule is Cc1ccc(C)c(-c2cc(C3Oc4ccccc4O3)nc(C(N)=O)n2)c1. The Morgan fingerprint density at radius 1 is 1.00 bits per heavy atom. The molecule has 0 radical (unpaired) electrons. The van der Waals surface area contributed by atoms with E-state index in [4.69, 9.17) is 15.2 Å². The summed E-state index contributed by atoms with van der Waals surface area (Å²) in [6.45, 7) is 3.98. The molecule has 2 aromatic carbocycles. The summed E-state index contributed by atoms with van der Waals surface area (Å²) in [5.41, 5.74) is 9.52. The number of carbonyl (C=O) groups excluding carboxylic acids is 1. The summed E-state index contributed by atoms with van der Waals surface area (Å²) in [5.74, 6) is 0.491. The molecular weight excluding hydrogens is 330 g/mol. The van der Waals surface area contributed by atoms with Crippen molar-refractivity contribution in [2.24, 2.45) is 5.73 Å². The van der Waals surface area contributed by atoms with Gasteiger partial charge in [-0.2, -0.15) is 0 Å². The largest absolute Gasteiger partial charge is 0.445 e. The summed E-state index contributed by atoms with van der Waals surface area (Å²) in [4.78, 5) is 20.3. The van der Waals surface area contributed by atoms with Gasteiger partial charge in [-0.05, 0) is 43.7 Å².